The van der Waals surface area contributed by atoms with Crippen LogP contribution in [0, 0.1) is 5.92 Å². The van der Waals surface area contributed by atoms with Crippen molar-refractivity contribution in [1.82, 2.24) is 9.88 Å². The van der Waals surface area contributed by atoms with Crippen LogP contribution in [0.4, 0.5) is 24.5 Å². The van der Waals surface area contributed by atoms with E-state index in [9.17, 15) is 27.6 Å². The number of benzene rings is 2. The fraction of sp³-hybridized carbons (Fsp3) is 0.441. The molecule has 0 spiro atoms. The average molecular weight is 660 g/mol. The van der Waals surface area contributed by atoms with Crippen LogP contribution >= 0.6 is 0 Å². The number of carbonyl (C=O) groups is 2. The van der Waals surface area contributed by atoms with Crippen LogP contribution in [-0.2, 0) is 20.6 Å². The molecule has 0 saturated heterocycles. The van der Waals surface area contributed by atoms with Crippen LogP contribution in [0.1, 0.15) is 41.5 Å². The number of hydrogen-bond donors (Lipinski definition) is 1. The van der Waals surface area contributed by atoms with E-state index in [1.54, 1.807) is 87.6 Å². The van der Waals surface area contributed by atoms with Crippen LogP contribution in [-0.4, -0.2) is 50.1 Å². The number of halogens is 3. The largest absolute Gasteiger partial charge is 0.497 e. The Morgan fingerprint density at radius 3 is 2.02 bits per heavy atom. The Morgan fingerprint density at radius 1 is 0.957 bits per heavy atom. The Labute approximate surface area is 269 Å². The van der Waals surface area contributed by atoms with Gasteiger partial charge in [-0.3, -0.25) is 23.9 Å². The van der Waals surface area contributed by atoms with Gasteiger partial charge in [-0.1, -0.05) is 65.0 Å². The lowest BCUT2D eigenvalue weighted by atomic mass is 9.98. The van der Waals surface area contributed by atoms with Crippen molar-refractivity contribution in [2.24, 2.45) is 5.92 Å². The van der Waals surface area contributed by atoms with Crippen molar-refractivity contribution >= 4 is 31.5 Å². The van der Waals surface area contributed by atoms with Gasteiger partial charge in [-0.05, 0) is 66.0 Å². The lowest BCUT2D eigenvalue weighted by molar-refractivity contribution is -0.210. The van der Waals surface area contributed by atoms with E-state index in [0.717, 1.165) is 0 Å². The zero-order valence-corrected chi connectivity index (χ0v) is 28.9. The number of amides is 2. The van der Waals surface area contributed by atoms with Crippen molar-refractivity contribution in [3.8, 4) is 17.0 Å². The number of nitrogens with one attached hydrogen (secondary N) is 1. The summed E-state index contributed by atoms with van der Waals surface area (Å²) in [7, 11) is -1.41. The molecule has 1 aromatic heterocycles. The topological polar surface area (TPSA) is 89.9 Å². The monoisotopic (exact) mass is 659 g/mol. The van der Waals surface area contributed by atoms with Gasteiger partial charge < -0.3 is 14.5 Å². The lowest BCUT2D eigenvalue weighted by Crippen LogP contribution is -2.59. The molecule has 3 aromatic rings. The molecule has 3 rings (SSSR count). The fourth-order valence-corrected chi connectivity index (χ4v) is 6.05. The van der Waals surface area contributed by atoms with Gasteiger partial charge in [0.25, 0.3) is 5.56 Å². The Balaban J connectivity index is 2.10. The number of aromatic nitrogens is 1. The molecule has 0 radical (unpaired) electrons. The molecule has 0 fully saturated rings. The van der Waals surface area contributed by atoms with Gasteiger partial charge >= 0.3 is 6.18 Å². The number of ether oxygens (including phenoxy) is 1. The SMILES string of the molecule is COc1ccc(N(C(C)=O)c2ccc(-c3ccccc3)n(CC(=O)NC(C(C)C)C(O[Si](C)(C)C(C)(C)C)C(F)(F)F)c2=O)cc1. The van der Waals surface area contributed by atoms with Gasteiger partial charge in [0, 0.05) is 12.6 Å². The second-order valence-electron chi connectivity index (χ2n) is 13.1. The van der Waals surface area contributed by atoms with Gasteiger partial charge in [0.2, 0.25) is 11.8 Å². The highest BCUT2D eigenvalue weighted by atomic mass is 28.4. The number of alkyl halides is 3. The molecule has 1 heterocycles. The van der Waals surface area contributed by atoms with Gasteiger partial charge in [0.1, 0.15) is 18.0 Å². The summed E-state index contributed by atoms with van der Waals surface area (Å²) < 4.78 is 55.9. The number of hydrogen-bond acceptors (Lipinski definition) is 5. The minimum atomic E-state index is -4.76. The lowest BCUT2D eigenvalue weighted by Gasteiger charge is -2.42. The summed E-state index contributed by atoms with van der Waals surface area (Å²) in [4.78, 5) is 41.8. The van der Waals surface area contributed by atoms with E-state index in [2.05, 4.69) is 5.32 Å². The van der Waals surface area contributed by atoms with E-state index in [0.29, 0.717) is 22.7 Å². The molecule has 46 heavy (non-hydrogen) atoms. The van der Waals surface area contributed by atoms with Crippen molar-refractivity contribution in [2.45, 2.75) is 84.5 Å². The number of carbonyl (C=O) groups excluding carboxylic acids is 2. The van der Waals surface area contributed by atoms with Crippen molar-refractivity contribution in [2.75, 3.05) is 12.0 Å². The maximum absolute atomic E-state index is 14.5. The van der Waals surface area contributed by atoms with Crippen LogP contribution in [0.15, 0.2) is 71.5 Å². The Kier molecular flexibility index (Phi) is 11.3. The summed E-state index contributed by atoms with van der Waals surface area (Å²) in [5, 5.41) is 2.04. The zero-order valence-electron chi connectivity index (χ0n) is 27.9. The Hall–Kier alpha value is -3.90. The number of anilines is 2. The van der Waals surface area contributed by atoms with E-state index >= 15 is 0 Å². The average Bonchev–Trinajstić information content (AvgIpc) is 2.96. The van der Waals surface area contributed by atoms with E-state index < -0.39 is 61.5 Å². The zero-order chi connectivity index (χ0) is 34.6. The van der Waals surface area contributed by atoms with Crippen molar-refractivity contribution in [3.63, 3.8) is 0 Å². The summed E-state index contributed by atoms with van der Waals surface area (Å²) in [6.45, 7) is 12.9. The second-order valence-corrected chi connectivity index (χ2v) is 17.8. The normalized spacial score (nSPS) is 13.7. The third kappa shape index (κ3) is 8.46. The third-order valence-electron chi connectivity index (χ3n) is 8.33. The third-order valence-corrected chi connectivity index (χ3v) is 12.8. The highest BCUT2D eigenvalue weighted by Gasteiger charge is 2.52. The van der Waals surface area contributed by atoms with Crippen LogP contribution in [0.3, 0.4) is 0 Å². The fourth-order valence-electron chi connectivity index (χ4n) is 4.78. The Bertz CT molecular complexity index is 1570. The quantitative estimate of drug-likeness (QED) is 0.218. The van der Waals surface area contributed by atoms with Crippen LogP contribution < -0.4 is 20.5 Å². The first kappa shape index (κ1) is 36.6. The molecule has 8 nitrogen and oxygen atoms in total. The molecule has 0 saturated carbocycles. The molecule has 0 aliphatic rings. The molecule has 2 amide bonds. The highest BCUT2D eigenvalue weighted by molar-refractivity contribution is 6.74. The van der Waals surface area contributed by atoms with Gasteiger partial charge in [-0.2, -0.15) is 13.2 Å². The first-order valence-electron chi connectivity index (χ1n) is 15.1. The maximum atomic E-state index is 14.5. The molecule has 1 N–H and O–H groups in total. The molecule has 250 valence electrons. The Morgan fingerprint density at radius 2 is 1.54 bits per heavy atom. The number of rotatable bonds is 11. The second kappa shape index (κ2) is 14.2. The van der Waals surface area contributed by atoms with E-state index in [-0.39, 0.29) is 5.69 Å². The molecular formula is C34H44F3N3O5Si. The summed E-state index contributed by atoms with van der Waals surface area (Å²) in [5.41, 5.74) is 0.652. The molecule has 12 heteroatoms. The number of nitrogens with zero attached hydrogens (tertiary/aromatic N) is 2. The first-order valence-corrected chi connectivity index (χ1v) is 18.0. The molecular weight excluding hydrogens is 615 g/mol. The van der Waals surface area contributed by atoms with Crippen molar-refractivity contribution < 1.29 is 31.9 Å². The predicted molar refractivity (Wildman–Crippen MR) is 177 cm³/mol. The molecule has 2 aromatic carbocycles. The van der Waals surface area contributed by atoms with Crippen LogP contribution in [0.25, 0.3) is 11.3 Å². The molecule has 0 bridgehead atoms. The highest BCUT2D eigenvalue weighted by Crippen LogP contribution is 2.41. The standard InChI is InChI=1S/C34H44F3N3O5Si/c1-22(2)30(31(34(35,36)37)45-46(8,9)33(4,5)6)38-29(42)21-39-27(24-13-11-10-12-14-24)19-20-28(32(39)43)40(23(3)41)25-15-17-26(44-7)18-16-25/h10-20,22,30-31H,21H2,1-9H3,(H,38,42). The van der Waals surface area contributed by atoms with Crippen molar-refractivity contribution in [1.29, 1.82) is 0 Å². The van der Waals surface area contributed by atoms with Crippen LogP contribution in [0.5, 0.6) is 5.75 Å². The molecule has 2 atom stereocenters. The van der Waals surface area contributed by atoms with Gasteiger partial charge in [0.15, 0.2) is 14.4 Å². The van der Waals surface area contributed by atoms with Gasteiger partial charge in [-0.25, -0.2) is 0 Å². The van der Waals surface area contributed by atoms with E-state index in [4.69, 9.17) is 9.16 Å². The number of pyridine rings is 1. The summed E-state index contributed by atoms with van der Waals surface area (Å²) in [6, 6.07) is 17.0. The van der Waals surface area contributed by atoms with Gasteiger partial charge in [-0.15, -0.1) is 0 Å². The van der Waals surface area contributed by atoms with Crippen molar-refractivity contribution in [3.05, 3.63) is 77.1 Å². The summed E-state index contributed by atoms with van der Waals surface area (Å²) in [5.74, 6) is -1.36. The minimum Gasteiger partial charge on any atom is -0.497 e. The number of methoxy groups -OCH3 is 1. The molecule has 0 aliphatic heterocycles. The summed E-state index contributed by atoms with van der Waals surface area (Å²) in [6.07, 6.45) is -7.01. The maximum Gasteiger partial charge on any atom is 0.415 e. The molecule has 0 aliphatic carbocycles. The minimum absolute atomic E-state index is 0.0278. The van der Waals surface area contributed by atoms with E-state index in [1.165, 1.54) is 29.6 Å². The summed E-state index contributed by atoms with van der Waals surface area (Å²) >= 11 is 0. The first-order chi connectivity index (χ1) is 21.3. The van der Waals surface area contributed by atoms with E-state index in [1.807, 2.05) is 20.8 Å². The van der Waals surface area contributed by atoms with Crippen LogP contribution in [0.2, 0.25) is 18.1 Å². The smallest absolute Gasteiger partial charge is 0.415 e. The predicted octanol–water partition coefficient (Wildman–Crippen LogP) is 7.30. The molecule has 2 unspecified atom stereocenters. The van der Waals surface area contributed by atoms with Gasteiger partial charge in [0.05, 0.1) is 18.8 Å².